The van der Waals surface area contributed by atoms with Gasteiger partial charge in [-0.2, -0.15) is 0 Å². The van der Waals surface area contributed by atoms with Crippen LogP contribution in [0, 0.1) is 0 Å². The Morgan fingerprint density at radius 1 is 0.857 bits per heavy atom. The Kier molecular flexibility index (Phi) is 12.8. The van der Waals surface area contributed by atoms with Gasteiger partial charge in [0.05, 0.1) is 21.1 Å². The highest BCUT2D eigenvalue weighted by Gasteiger charge is 2.06. The highest BCUT2D eigenvalue weighted by molar-refractivity contribution is 8.93. The van der Waals surface area contributed by atoms with Crippen LogP contribution in [-0.2, 0) is 6.54 Å². The number of halogens is 3. The first-order valence-electron chi connectivity index (χ1n) is 3.92. The summed E-state index contributed by atoms with van der Waals surface area (Å²) in [6.07, 6.45) is 0. The third kappa shape index (κ3) is 9.19. The highest BCUT2D eigenvalue weighted by atomic mass is 79.9. The molecule has 14 heavy (non-hydrogen) atoms. The molecule has 0 saturated heterocycles. The van der Waals surface area contributed by atoms with E-state index in [2.05, 4.69) is 51.5 Å². The Balaban J connectivity index is -0.000000403. The molecule has 0 aliphatic rings. The lowest BCUT2D eigenvalue weighted by Gasteiger charge is -2.23. The average molecular weight is 393 g/mol. The van der Waals surface area contributed by atoms with Crippen LogP contribution in [0.5, 0.6) is 0 Å². The molecule has 0 heterocycles. The summed E-state index contributed by atoms with van der Waals surface area (Å²) < 4.78 is 0.990. The van der Waals surface area contributed by atoms with Crippen molar-refractivity contribution in [2.75, 3.05) is 21.1 Å². The van der Waals surface area contributed by atoms with E-state index in [4.69, 9.17) is 0 Å². The molecule has 1 aromatic rings. The van der Waals surface area contributed by atoms with Gasteiger partial charge in [0.25, 0.3) is 0 Å². The fraction of sp³-hybridized carbons (Fsp3) is 0.400. The molecule has 0 bridgehead atoms. The molecule has 1 rings (SSSR count). The number of benzene rings is 1. The lowest BCUT2D eigenvalue weighted by molar-refractivity contribution is -0.884. The van der Waals surface area contributed by atoms with E-state index in [0.29, 0.717) is 0 Å². The normalized spacial score (nSPS) is 9.07. The molecule has 0 radical (unpaired) electrons. The monoisotopic (exact) mass is 390 g/mol. The van der Waals surface area contributed by atoms with Crippen LogP contribution in [0.25, 0.3) is 0 Å². The predicted molar refractivity (Wildman–Crippen MR) is 79.1 cm³/mol. The van der Waals surface area contributed by atoms with Gasteiger partial charge in [-0.05, 0) is 0 Å². The number of quaternary nitrogens is 1. The van der Waals surface area contributed by atoms with Gasteiger partial charge < -0.3 is 4.48 Å². The quantitative estimate of drug-likeness (QED) is 0.674. The van der Waals surface area contributed by atoms with Gasteiger partial charge >= 0.3 is 0 Å². The van der Waals surface area contributed by atoms with Gasteiger partial charge in [0, 0.05) is 5.56 Å². The topological polar surface area (TPSA) is 0 Å². The minimum absolute atomic E-state index is 0. The zero-order chi connectivity index (χ0) is 8.32. The van der Waals surface area contributed by atoms with Crippen LogP contribution in [0.3, 0.4) is 0 Å². The fourth-order valence-electron chi connectivity index (χ4n) is 1.13. The van der Waals surface area contributed by atoms with E-state index in [1.807, 2.05) is 0 Å². The van der Waals surface area contributed by atoms with E-state index in [1.54, 1.807) is 0 Å². The number of rotatable bonds is 2. The zero-order valence-electron chi connectivity index (χ0n) is 8.77. The predicted octanol–water partition coefficient (Wildman–Crippen LogP) is 3.63. The smallest absolute Gasteiger partial charge is 0.104 e. The van der Waals surface area contributed by atoms with Crippen LogP contribution < -0.4 is 0 Å². The molecule has 0 N–H and O–H groups in total. The molecule has 0 aliphatic heterocycles. The van der Waals surface area contributed by atoms with Crippen LogP contribution in [-0.4, -0.2) is 25.6 Å². The molecule has 1 nitrogen and oxygen atoms in total. The van der Waals surface area contributed by atoms with E-state index < -0.39 is 0 Å². The molecule has 4 heteroatoms. The average Bonchev–Trinajstić information content (AvgIpc) is 1.85. The first-order chi connectivity index (χ1) is 5.08. The number of hydrogen-bond acceptors (Lipinski definition) is 0. The maximum Gasteiger partial charge on any atom is 0.104 e. The Bertz CT molecular complexity index is 219. The van der Waals surface area contributed by atoms with Gasteiger partial charge in [0.2, 0.25) is 0 Å². The van der Waals surface area contributed by atoms with E-state index in [0.717, 1.165) is 11.0 Å². The first-order valence-corrected chi connectivity index (χ1v) is 3.92. The second-order valence-corrected chi connectivity index (χ2v) is 3.93. The molecule has 0 aromatic heterocycles. The largest absolute Gasteiger partial charge is 0.327 e. The van der Waals surface area contributed by atoms with Crippen LogP contribution in [0.1, 0.15) is 5.56 Å². The standard InChI is InChI=1S/C10H16N.3BrH/c1-11(2,3)9-10-7-5-4-6-8-10;;;/h4-8H,9H2,1-3H3;3*1H/q+1;;;. The van der Waals surface area contributed by atoms with Gasteiger partial charge in [-0.15, -0.1) is 50.9 Å². The molecule has 0 spiro atoms. The van der Waals surface area contributed by atoms with Gasteiger partial charge in [-0.25, -0.2) is 0 Å². The Morgan fingerprint density at radius 2 is 1.29 bits per heavy atom. The molecule has 0 saturated carbocycles. The van der Waals surface area contributed by atoms with Crippen molar-refractivity contribution in [2.45, 2.75) is 6.54 Å². The number of hydrogen-bond donors (Lipinski definition) is 0. The Hall–Kier alpha value is 0.620. The van der Waals surface area contributed by atoms with Crippen LogP contribution in [0.15, 0.2) is 30.3 Å². The second kappa shape index (κ2) is 8.89. The van der Waals surface area contributed by atoms with Crippen molar-refractivity contribution in [2.24, 2.45) is 0 Å². The van der Waals surface area contributed by atoms with Crippen molar-refractivity contribution in [3.63, 3.8) is 0 Å². The summed E-state index contributed by atoms with van der Waals surface area (Å²) >= 11 is 0. The summed E-state index contributed by atoms with van der Waals surface area (Å²) in [7, 11) is 6.60. The van der Waals surface area contributed by atoms with Crippen LogP contribution >= 0.6 is 50.9 Å². The van der Waals surface area contributed by atoms with Gasteiger partial charge in [0.1, 0.15) is 6.54 Å². The SMILES string of the molecule is Br.Br.Br.C[N+](C)(C)Cc1ccccc1. The van der Waals surface area contributed by atoms with Crippen molar-refractivity contribution in [3.05, 3.63) is 35.9 Å². The van der Waals surface area contributed by atoms with Gasteiger partial charge in [-0.3, -0.25) is 0 Å². The highest BCUT2D eigenvalue weighted by Crippen LogP contribution is 2.04. The molecule has 0 atom stereocenters. The van der Waals surface area contributed by atoms with Crippen LogP contribution in [0.2, 0.25) is 0 Å². The Labute approximate surface area is 118 Å². The molecular formula is C10H19Br3N+. The van der Waals surface area contributed by atoms with Crippen molar-refractivity contribution in [1.82, 2.24) is 0 Å². The molecule has 0 fully saturated rings. The van der Waals surface area contributed by atoms with Gasteiger partial charge in [0.15, 0.2) is 0 Å². The molecule has 0 unspecified atom stereocenters. The fourth-order valence-corrected chi connectivity index (χ4v) is 1.13. The van der Waals surface area contributed by atoms with E-state index in [1.165, 1.54) is 5.56 Å². The van der Waals surface area contributed by atoms with Crippen LogP contribution in [0.4, 0.5) is 0 Å². The van der Waals surface area contributed by atoms with E-state index >= 15 is 0 Å². The summed E-state index contributed by atoms with van der Waals surface area (Å²) in [6.45, 7) is 1.10. The minimum Gasteiger partial charge on any atom is -0.327 e. The number of nitrogens with zero attached hydrogens (tertiary/aromatic N) is 1. The molecule has 84 valence electrons. The maximum absolute atomic E-state index is 2.20. The molecule has 0 amide bonds. The second-order valence-electron chi connectivity index (χ2n) is 3.93. The first kappa shape index (κ1) is 20.1. The maximum atomic E-state index is 2.20. The summed E-state index contributed by atoms with van der Waals surface area (Å²) in [6, 6.07) is 10.6. The summed E-state index contributed by atoms with van der Waals surface area (Å²) in [5.41, 5.74) is 1.40. The van der Waals surface area contributed by atoms with Crippen molar-refractivity contribution in [1.29, 1.82) is 0 Å². The van der Waals surface area contributed by atoms with Crippen molar-refractivity contribution in [3.8, 4) is 0 Å². The third-order valence-electron chi connectivity index (χ3n) is 1.50. The van der Waals surface area contributed by atoms with Crippen molar-refractivity contribution < 1.29 is 4.48 Å². The minimum atomic E-state index is 0. The molecule has 0 aliphatic carbocycles. The summed E-state index contributed by atoms with van der Waals surface area (Å²) in [4.78, 5) is 0. The van der Waals surface area contributed by atoms with Crippen molar-refractivity contribution >= 4 is 50.9 Å². The lowest BCUT2D eigenvalue weighted by Crippen LogP contribution is -2.33. The van der Waals surface area contributed by atoms with E-state index in [-0.39, 0.29) is 50.9 Å². The zero-order valence-corrected chi connectivity index (χ0v) is 13.9. The Morgan fingerprint density at radius 3 is 1.64 bits per heavy atom. The molecular weight excluding hydrogens is 374 g/mol. The van der Waals surface area contributed by atoms with E-state index in [9.17, 15) is 0 Å². The summed E-state index contributed by atoms with van der Waals surface area (Å²) in [5, 5.41) is 0. The van der Waals surface area contributed by atoms with Gasteiger partial charge in [-0.1, -0.05) is 30.3 Å². The molecule has 1 aromatic carbocycles. The summed E-state index contributed by atoms with van der Waals surface area (Å²) in [5.74, 6) is 0. The lowest BCUT2D eigenvalue weighted by atomic mass is 10.2. The third-order valence-corrected chi connectivity index (χ3v) is 1.50.